The molecule has 1 fully saturated rings. The first-order valence-electron chi connectivity index (χ1n) is 5.99. The van der Waals surface area contributed by atoms with E-state index in [0.29, 0.717) is 6.04 Å². The molecule has 0 aromatic carbocycles. The van der Waals surface area contributed by atoms with Crippen molar-refractivity contribution in [3.05, 3.63) is 0 Å². The van der Waals surface area contributed by atoms with Gasteiger partial charge in [-0.3, -0.25) is 0 Å². The van der Waals surface area contributed by atoms with E-state index >= 15 is 0 Å². The van der Waals surface area contributed by atoms with Crippen LogP contribution in [0.4, 0.5) is 0 Å². The van der Waals surface area contributed by atoms with Crippen molar-refractivity contribution in [3.8, 4) is 11.8 Å². The molecule has 0 heterocycles. The van der Waals surface area contributed by atoms with Gasteiger partial charge in [0.1, 0.15) is 0 Å². The van der Waals surface area contributed by atoms with E-state index < -0.39 is 0 Å². The number of nitrogens with one attached hydrogen (secondary N) is 1. The van der Waals surface area contributed by atoms with Crippen LogP contribution in [0.1, 0.15) is 52.4 Å². The van der Waals surface area contributed by atoms with Crippen molar-refractivity contribution >= 4 is 0 Å². The summed E-state index contributed by atoms with van der Waals surface area (Å²) in [7, 11) is 0. The van der Waals surface area contributed by atoms with Crippen molar-refractivity contribution in [2.45, 2.75) is 58.4 Å². The second kappa shape index (κ2) is 6.90. The van der Waals surface area contributed by atoms with Gasteiger partial charge in [0, 0.05) is 12.5 Å². The van der Waals surface area contributed by atoms with E-state index in [1.54, 1.807) is 0 Å². The van der Waals surface area contributed by atoms with Gasteiger partial charge in [0.05, 0.1) is 0 Å². The van der Waals surface area contributed by atoms with E-state index in [2.05, 4.69) is 24.1 Å². The van der Waals surface area contributed by atoms with E-state index in [9.17, 15) is 0 Å². The first-order chi connectivity index (χ1) is 6.86. The van der Waals surface area contributed by atoms with Crippen molar-refractivity contribution in [1.82, 2.24) is 5.32 Å². The van der Waals surface area contributed by atoms with Crippen molar-refractivity contribution in [3.63, 3.8) is 0 Å². The summed E-state index contributed by atoms with van der Waals surface area (Å²) in [4.78, 5) is 0. The standard InChI is InChI=1S/C13H23N/c1-3-5-9-13(14-10-4-2)11-12-7-6-8-12/h12-14H,4,6-11H2,1-2H3. The molecule has 0 aromatic rings. The first kappa shape index (κ1) is 11.6. The maximum Gasteiger partial charge on any atom is 0.0243 e. The fourth-order valence-corrected chi connectivity index (χ4v) is 1.94. The fourth-order valence-electron chi connectivity index (χ4n) is 1.94. The molecule has 0 radical (unpaired) electrons. The summed E-state index contributed by atoms with van der Waals surface area (Å²) in [5, 5.41) is 3.60. The van der Waals surface area contributed by atoms with Gasteiger partial charge in [0.15, 0.2) is 0 Å². The highest BCUT2D eigenvalue weighted by Gasteiger charge is 2.21. The minimum absolute atomic E-state index is 0.646. The van der Waals surface area contributed by atoms with Gasteiger partial charge in [-0.15, -0.1) is 11.8 Å². The lowest BCUT2D eigenvalue weighted by molar-refractivity contribution is 0.261. The molecule has 1 heteroatoms. The zero-order chi connectivity index (χ0) is 10.2. The molecule has 14 heavy (non-hydrogen) atoms. The Morgan fingerprint density at radius 2 is 2.21 bits per heavy atom. The highest BCUT2D eigenvalue weighted by atomic mass is 14.9. The Bertz CT molecular complexity index is 195. The Morgan fingerprint density at radius 3 is 2.71 bits per heavy atom. The molecular formula is C13H23N. The highest BCUT2D eigenvalue weighted by molar-refractivity contribution is 4.98. The molecule has 1 rings (SSSR count). The zero-order valence-electron chi connectivity index (χ0n) is 9.60. The number of hydrogen-bond donors (Lipinski definition) is 1. The van der Waals surface area contributed by atoms with Gasteiger partial charge in [-0.1, -0.05) is 26.2 Å². The van der Waals surface area contributed by atoms with Crippen LogP contribution < -0.4 is 5.32 Å². The Kier molecular flexibility index (Phi) is 5.71. The van der Waals surface area contributed by atoms with Crippen LogP contribution in [0.5, 0.6) is 0 Å². The molecule has 1 atom stereocenters. The summed E-state index contributed by atoms with van der Waals surface area (Å²) in [5.74, 6) is 7.18. The fraction of sp³-hybridized carbons (Fsp3) is 0.846. The summed E-state index contributed by atoms with van der Waals surface area (Å²) < 4.78 is 0. The van der Waals surface area contributed by atoms with E-state index in [1.165, 1.54) is 32.1 Å². The van der Waals surface area contributed by atoms with Crippen LogP contribution >= 0.6 is 0 Å². The second-order valence-corrected chi connectivity index (χ2v) is 4.31. The van der Waals surface area contributed by atoms with E-state index in [1.807, 2.05) is 6.92 Å². The van der Waals surface area contributed by atoms with Gasteiger partial charge >= 0.3 is 0 Å². The second-order valence-electron chi connectivity index (χ2n) is 4.31. The predicted octanol–water partition coefficient (Wildman–Crippen LogP) is 2.96. The van der Waals surface area contributed by atoms with E-state index in [4.69, 9.17) is 0 Å². The average molecular weight is 193 g/mol. The van der Waals surface area contributed by atoms with Crippen LogP contribution in [-0.2, 0) is 0 Å². The molecule has 0 saturated heterocycles. The molecule has 1 aliphatic rings. The summed E-state index contributed by atoms with van der Waals surface area (Å²) in [6.07, 6.45) is 7.95. The molecule has 80 valence electrons. The van der Waals surface area contributed by atoms with Gasteiger partial charge in [-0.05, 0) is 32.2 Å². The van der Waals surface area contributed by atoms with Crippen LogP contribution in [0, 0.1) is 17.8 Å². The lowest BCUT2D eigenvalue weighted by Crippen LogP contribution is -2.33. The molecule has 0 aliphatic heterocycles. The Morgan fingerprint density at radius 1 is 1.43 bits per heavy atom. The molecule has 0 amide bonds. The topological polar surface area (TPSA) is 12.0 Å². The van der Waals surface area contributed by atoms with Crippen LogP contribution in [0.3, 0.4) is 0 Å². The Labute approximate surface area is 88.7 Å². The maximum absolute atomic E-state index is 3.60. The predicted molar refractivity (Wildman–Crippen MR) is 62.1 cm³/mol. The summed E-state index contributed by atoms with van der Waals surface area (Å²) >= 11 is 0. The number of rotatable bonds is 6. The van der Waals surface area contributed by atoms with Crippen LogP contribution in [0.25, 0.3) is 0 Å². The summed E-state index contributed by atoms with van der Waals surface area (Å²) in [6.45, 7) is 5.29. The molecule has 1 unspecified atom stereocenters. The normalized spacial score (nSPS) is 18.1. The maximum atomic E-state index is 3.60. The zero-order valence-corrected chi connectivity index (χ0v) is 9.60. The molecule has 0 aromatic heterocycles. The summed E-state index contributed by atoms with van der Waals surface area (Å²) in [6, 6.07) is 0.646. The van der Waals surface area contributed by atoms with Gasteiger partial charge in [0.25, 0.3) is 0 Å². The molecular weight excluding hydrogens is 170 g/mol. The Balaban J connectivity index is 2.21. The van der Waals surface area contributed by atoms with Gasteiger partial charge in [-0.25, -0.2) is 0 Å². The first-order valence-corrected chi connectivity index (χ1v) is 5.99. The third-order valence-electron chi connectivity index (χ3n) is 3.05. The van der Waals surface area contributed by atoms with Crippen LogP contribution in [0.2, 0.25) is 0 Å². The molecule has 0 spiro atoms. The third kappa shape index (κ3) is 4.15. The van der Waals surface area contributed by atoms with Crippen LogP contribution in [-0.4, -0.2) is 12.6 Å². The third-order valence-corrected chi connectivity index (χ3v) is 3.05. The van der Waals surface area contributed by atoms with Crippen LogP contribution in [0.15, 0.2) is 0 Å². The van der Waals surface area contributed by atoms with Crippen molar-refractivity contribution in [2.24, 2.45) is 5.92 Å². The van der Waals surface area contributed by atoms with Crippen molar-refractivity contribution in [1.29, 1.82) is 0 Å². The minimum Gasteiger partial charge on any atom is -0.313 e. The molecule has 1 aliphatic carbocycles. The molecule has 1 nitrogen and oxygen atoms in total. The highest BCUT2D eigenvalue weighted by Crippen LogP contribution is 2.30. The lowest BCUT2D eigenvalue weighted by Gasteiger charge is -2.29. The molecule has 1 N–H and O–H groups in total. The van der Waals surface area contributed by atoms with E-state index in [-0.39, 0.29) is 0 Å². The smallest absolute Gasteiger partial charge is 0.0243 e. The monoisotopic (exact) mass is 193 g/mol. The molecule has 0 bridgehead atoms. The van der Waals surface area contributed by atoms with Gasteiger partial charge < -0.3 is 5.32 Å². The van der Waals surface area contributed by atoms with Crippen molar-refractivity contribution < 1.29 is 0 Å². The van der Waals surface area contributed by atoms with E-state index in [0.717, 1.165) is 18.9 Å². The average Bonchev–Trinajstić information content (AvgIpc) is 2.14. The summed E-state index contributed by atoms with van der Waals surface area (Å²) in [5.41, 5.74) is 0. The van der Waals surface area contributed by atoms with Gasteiger partial charge in [-0.2, -0.15) is 0 Å². The van der Waals surface area contributed by atoms with Gasteiger partial charge in [0.2, 0.25) is 0 Å². The number of hydrogen-bond acceptors (Lipinski definition) is 1. The SMILES string of the molecule is CC#CCC(CC1CCC1)NCCC. The lowest BCUT2D eigenvalue weighted by atomic mass is 9.80. The molecule has 1 saturated carbocycles. The Hall–Kier alpha value is -0.480. The minimum atomic E-state index is 0.646. The van der Waals surface area contributed by atoms with Crippen molar-refractivity contribution in [2.75, 3.05) is 6.54 Å². The largest absolute Gasteiger partial charge is 0.313 e. The quantitative estimate of drug-likeness (QED) is 0.639.